The van der Waals surface area contributed by atoms with Gasteiger partial charge in [0.15, 0.2) is 13.2 Å². The van der Waals surface area contributed by atoms with Crippen molar-refractivity contribution >= 4 is 44.9 Å². The number of sulfonamides is 1. The number of alkyl carbamates (subject to hydrolysis) is 1. The zero-order chi connectivity index (χ0) is 40.0. The normalized spacial score (nSPS) is 28.0. The predicted octanol–water partition coefficient (Wildman–Crippen LogP) is 3.77. The zero-order valence-electron chi connectivity index (χ0n) is 30.8. The van der Waals surface area contributed by atoms with Gasteiger partial charge in [-0.25, -0.2) is 23.2 Å². The maximum Gasteiger partial charge on any atom is 0.408 e. The first kappa shape index (κ1) is 38.5. The van der Waals surface area contributed by atoms with Crippen molar-refractivity contribution in [2.24, 2.45) is 5.92 Å². The molecule has 57 heavy (non-hydrogen) atoms. The summed E-state index contributed by atoms with van der Waals surface area (Å²) in [5, 5.41) is 4.58. The summed E-state index contributed by atoms with van der Waals surface area (Å²) in [6, 6.07) is 10.7. The summed E-state index contributed by atoms with van der Waals surface area (Å²) in [6.07, 6.45) is 4.96. The molecule has 3 N–H and O–H groups in total. The van der Waals surface area contributed by atoms with Crippen LogP contribution in [0, 0.1) is 5.92 Å². The third-order valence-corrected chi connectivity index (χ3v) is 12.7. The van der Waals surface area contributed by atoms with E-state index in [1.807, 2.05) is 6.08 Å². The van der Waals surface area contributed by atoms with Gasteiger partial charge in [-0.2, -0.15) is 8.78 Å². The molecule has 2 saturated carbocycles. The van der Waals surface area contributed by atoms with E-state index in [2.05, 4.69) is 15.4 Å². The number of cyclic esters (lactones) is 1. The highest BCUT2D eigenvalue weighted by molar-refractivity contribution is 7.91. The highest BCUT2D eigenvalue weighted by atomic mass is 32.2. The lowest BCUT2D eigenvalue weighted by atomic mass is 10.0. The van der Waals surface area contributed by atoms with E-state index in [0.717, 1.165) is 0 Å². The lowest BCUT2D eigenvalue weighted by Crippen LogP contribution is -2.58. The summed E-state index contributed by atoms with van der Waals surface area (Å²) < 4.78 is 74.8. The number of hydrogen-bond donors (Lipinski definition) is 3. The quantitative estimate of drug-likeness (QED) is 0.326. The molecule has 18 heteroatoms. The summed E-state index contributed by atoms with van der Waals surface area (Å²) in [5.74, 6) is -6.27. The topological polar surface area (TPSA) is 195 Å². The number of para-hydroxylation sites is 2. The minimum absolute atomic E-state index is 0.0460. The number of nitrogens with one attached hydrogen (secondary N) is 3. The molecule has 4 amide bonds. The summed E-state index contributed by atoms with van der Waals surface area (Å²) in [5.41, 5.74) is 0.0820. The van der Waals surface area contributed by atoms with Gasteiger partial charge in [-0.3, -0.25) is 19.1 Å². The van der Waals surface area contributed by atoms with Gasteiger partial charge >= 0.3 is 12.0 Å². The molecule has 5 unspecified atom stereocenters. The van der Waals surface area contributed by atoms with Gasteiger partial charge in [-0.05, 0) is 62.8 Å². The number of fused-ring (bicyclic) bond motifs is 8. The smallest absolute Gasteiger partial charge is 0.408 e. The standard InChI is InChI=1S/C39H42F2N6O9S/c40-38(41)21-54-25-11-8-9-23(17-25)32-34(43-29-13-7-6-12-28(29)42-32)56-26-18-31-33(48)45-39(36(50)46-57(52,53)27-15-16-27)19-24(39)10-4-2-1-3-5-14-30(35(49)47(31)20-26)44-37(51)55-22-38/h4,6-13,17,24,26-27,30-31H,1-3,5,14-16,18-22H2,(H,44,51)(H,45,48)(H,46,50). The molecule has 15 nitrogen and oxygen atoms in total. The van der Waals surface area contributed by atoms with Gasteiger partial charge in [0.05, 0.1) is 22.8 Å². The average Bonchev–Trinajstić information content (AvgIpc) is 4.11. The first-order valence-corrected chi connectivity index (χ1v) is 20.7. The van der Waals surface area contributed by atoms with Gasteiger partial charge in [-0.1, -0.05) is 49.3 Å². The van der Waals surface area contributed by atoms with Crippen LogP contribution >= 0.6 is 0 Å². The van der Waals surface area contributed by atoms with Crippen LogP contribution in [0.25, 0.3) is 22.3 Å². The second-order valence-electron chi connectivity index (χ2n) is 15.3. The molecule has 5 aliphatic rings. The molecule has 2 aromatic carbocycles. The van der Waals surface area contributed by atoms with Crippen LogP contribution in [0.1, 0.15) is 57.8 Å². The second kappa shape index (κ2) is 15.2. The van der Waals surface area contributed by atoms with Gasteiger partial charge in [0, 0.05) is 17.9 Å². The molecular formula is C39H42F2N6O9S. The third kappa shape index (κ3) is 8.36. The summed E-state index contributed by atoms with van der Waals surface area (Å²) in [4.78, 5) is 66.4. The van der Waals surface area contributed by atoms with E-state index < -0.39 is 87.9 Å². The molecule has 1 aromatic heterocycles. The number of ether oxygens (including phenoxy) is 3. The minimum atomic E-state index is -3.95. The summed E-state index contributed by atoms with van der Waals surface area (Å²) in [7, 11) is -3.95. The highest BCUT2D eigenvalue weighted by Gasteiger charge is 2.62. The Morgan fingerprint density at radius 2 is 1.72 bits per heavy atom. The molecule has 0 radical (unpaired) electrons. The Balaban J connectivity index is 1.18. The van der Waals surface area contributed by atoms with Crippen molar-refractivity contribution in [1.29, 1.82) is 0 Å². The maximum absolute atomic E-state index is 15.0. The monoisotopic (exact) mass is 808 g/mol. The van der Waals surface area contributed by atoms with Crippen LogP contribution in [-0.4, -0.2) is 102 Å². The van der Waals surface area contributed by atoms with Gasteiger partial charge in [0.2, 0.25) is 27.7 Å². The summed E-state index contributed by atoms with van der Waals surface area (Å²) >= 11 is 0. The Kier molecular flexibility index (Phi) is 10.2. The number of hydrogen-bond acceptors (Lipinski definition) is 11. The van der Waals surface area contributed by atoms with E-state index >= 15 is 8.78 Å². The number of amides is 4. The Hall–Kier alpha value is -5.39. The Labute approximate surface area is 327 Å². The molecule has 8 rings (SSSR count). The molecule has 1 saturated heterocycles. The highest BCUT2D eigenvalue weighted by Crippen LogP contribution is 2.46. The number of benzene rings is 2. The van der Waals surface area contributed by atoms with Crippen LogP contribution in [0.4, 0.5) is 13.6 Å². The van der Waals surface area contributed by atoms with E-state index in [9.17, 15) is 27.6 Å². The molecule has 302 valence electrons. The van der Waals surface area contributed by atoms with Crippen molar-refractivity contribution in [2.45, 2.75) is 92.7 Å². The second-order valence-corrected chi connectivity index (χ2v) is 17.3. The fourth-order valence-corrected chi connectivity index (χ4v) is 8.94. The number of rotatable bonds is 3. The van der Waals surface area contributed by atoms with Crippen molar-refractivity contribution in [3.8, 4) is 22.9 Å². The zero-order valence-corrected chi connectivity index (χ0v) is 31.6. The fraction of sp³-hybridized carbons (Fsp3) is 0.487. The predicted molar refractivity (Wildman–Crippen MR) is 200 cm³/mol. The van der Waals surface area contributed by atoms with Crippen LogP contribution in [0.2, 0.25) is 0 Å². The fourth-order valence-electron chi connectivity index (χ4n) is 7.58. The Bertz CT molecular complexity index is 2240. The number of allylic oxidation sites excluding steroid dienone is 1. The van der Waals surface area contributed by atoms with Gasteiger partial charge in [0.25, 0.3) is 5.91 Å². The Morgan fingerprint density at radius 3 is 2.51 bits per heavy atom. The molecule has 2 aliphatic carbocycles. The lowest BCUT2D eigenvalue weighted by molar-refractivity contribution is -0.141. The molecule has 4 heterocycles. The van der Waals surface area contributed by atoms with Crippen molar-refractivity contribution < 1.29 is 50.6 Å². The minimum Gasteiger partial charge on any atom is -0.487 e. The van der Waals surface area contributed by atoms with Crippen molar-refractivity contribution in [3.05, 3.63) is 60.7 Å². The molecule has 5 atom stereocenters. The largest absolute Gasteiger partial charge is 0.487 e. The molecule has 5 bridgehead atoms. The molecule has 3 aliphatic heterocycles. The van der Waals surface area contributed by atoms with Crippen molar-refractivity contribution in [3.63, 3.8) is 0 Å². The van der Waals surface area contributed by atoms with Crippen molar-refractivity contribution in [1.82, 2.24) is 30.2 Å². The number of halogens is 2. The molecule has 3 fully saturated rings. The lowest BCUT2D eigenvalue weighted by Gasteiger charge is -2.30. The number of nitrogens with zero attached hydrogens (tertiary/aromatic N) is 3. The number of carbonyl (C=O) groups excluding carboxylic acids is 4. The van der Waals surface area contributed by atoms with Gasteiger partial charge in [0.1, 0.15) is 35.2 Å². The molecular weight excluding hydrogens is 767 g/mol. The van der Waals surface area contributed by atoms with E-state index in [0.29, 0.717) is 55.1 Å². The number of carbonyl (C=O) groups is 4. The van der Waals surface area contributed by atoms with Crippen LogP contribution in [0.3, 0.4) is 0 Å². The van der Waals surface area contributed by atoms with E-state index in [-0.39, 0.29) is 43.1 Å². The SMILES string of the molecule is O=C1NC2CCCCCC=CC3CC3(C(=O)NS(=O)(=O)C3CC3)NC(=O)C3CC(CN3C2=O)Oc2nc3ccccc3nc2-c2cccc(c2)OCC(F)(F)CO1. The molecule has 3 aromatic rings. The van der Waals surface area contributed by atoms with E-state index in [1.165, 1.54) is 17.0 Å². The average molecular weight is 809 g/mol. The van der Waals surface area contributed by atoms with Crippen LogP contribution < -0.4 is 24.8 Å². The summed E-state index contributed by atoms with van der Waals surface area (Å²) in [6.45, 7) is -2.62. The third-order valence-electron chi connectivity index (χ3n) is 10.9. The van der Waals surface area contributed by atoms with Crippen LogP contribution in [0.15, 0.2) is 60.7 Å². The maximum atomic E-state index is 15.0. The van der Waals surface area contributed by atoms with E-state index in [4.69, 9.17) is 24.2 Å². The van der Waals surface area contributed by atoms with E-state index in [1.54, 1.807) is 42.5 Å². The Morgan fingerprint density at radius 1 is 0.947 bits per heavy atom. The number of alkyl halides is 2. The van der Waals surface area contributed by atoms with Crippen LogP contribution in [-0.2, 0) is 29.1 Å². The molecule has 0 spiro atoms. The van der Waals surface area contributed by atoms with Gasteiger partial charge in [-0.15, -0.1) is 0 Å². The van der Waals surface area contributed by atoms with Crippen LogP contribution in [0.5, 0.6) is 11.6 Å². The first-order valence-electron chi connectivity index (χ1n) is 19.1. The van der Waals surface area contributed by atoms with Gasteiger partial charge < -0.3 is 29.7 Å². The number of aromatic nitrogens is 2. The first-order chi connectivity index (χ1) is 27.3. The van der Waals surface area contributed by atoms with Crippen molar-refractivity contribution in [2.75, 3.05) is 19.8 Å².